The minimum Gasteiger partial charge on any atom is -0.330 e. The van der Waals surface area contributed by atoms with Gasteiger partial charge >= 0.3 is 0 Å². The number of benzene rings is 1. The standard InChI is InChI=1S/C18H30N2O/c1-4-6-16(13-14-19)9-12-18(21)20(5-2)17-10-7-15(3)8-11-17/h7-8,10-11,16H,4-6,9,12-14,19H2,1-3H3. The quantitative estimate of drug-likeness (QED) is 0.750. The zero-order valence-electron chi connectivity index (χ0n) is 13.8. The van der Waals surface area contributed by atoms with Crippen LogP contribution >= 0.6 is 0 Å². The number of amides is 1. The molecule has 0 bridgehead atoms. The van der Waals surface area contributed by atoms with E-state index in [2.05, 4.69) is 26.0 Å². The fraction of sp³-hybridized carbons (Fsp3) is 0.611. The van der Waals surface area contributed by atoms with Crippen molar-refractivity contribution in [3.8, 4) is 0 Å². The van der Waals surface area contributed by atoms with Crippen LogP contribution < -0.4 is 10.6 Å². The number of rotatable bonds is 9. The first-order chi connectivity index (χ1) is 10.1. The Balaban J connectivity index is 2.60. The summed E-state index contributed by atoms with van der Waals surface area (Å²) in [5.41, 5.74) is 7.88. The third kappa shape index (κ3) is 5.88. The smallest absolute Gasteiger partial charge is 0.226 e. The fourth-order valence-corrected chi connectivity index (χ4v) is 2.77. The second-order valence-electron chi connectivity index (χ2n) is 5.74. The Morgan fingerprint density at radius 2 is 1.81 bits per heavy atom. The predicted octanol–water partition coefficient (Wildman–Crippen LogP) is 3.89. The van der Waals surface area contributed by atoms with Crippen molar-refractivity contribution in [3.05, 3.63) is 29.8 Å². The lowest BCUT2D eigenvalue weighted by atomic mass is 9.94. The van der Waals surface area contributed by atoms with E-state index in [1.807, 2.05) is 24.0 Å². The molecule has 0 saturated heterocycles. The Morgan fingerprint density at radius 1 is 1.14 bits per heavy atom. The topological polar surface area (TPSA) is 46.3 Å². The number of hydrogen-bond acceptors (Lipinski definition) is 2. The maximum absolute atomic E-state index is 12.5. The van der Waals surface area contributed by atoms with Crippen LogP contribution in [0.1, 0.15) is 51.5 Å². The molecule has 3 nitrogen and oxygen atoms in total. The second kappa shape index (κ2) is 9.56. The Labute approximate surface area is 129 Å². The van der Waals surface area contributed by atoms with Crippen LogP contribution in [-0.2, 0) is 4.79 Å². The van der Waals surface area contributed by atoms with Gasteiger partial charge in [-0.1, -0.05) is 37.5 Å². The lowest BCUT2D eigenvalue weighted by Crippen LogP contribution is -2.30. The normalized spacial score (nSPS) is 12.2. The van der Waals surface area contributed by atoms with Crippen molar-refractivity contribution >= 4 is 11.6 Å². The van der Waals surface area contributed by atoms with E-state index < -0.39 is 0 Å². The van der Waals surface area contributed by atoms with Crippen LogP contribution in [0.15, 0.2) is 24.3 Å². The molecule has 0 spiro atoms. The molecular formula is C18H30N2O. The van der Waals surface area contributed by atoms with E-state index in [9.17, 15) is 4.79 Å². The summed E-state index contributed by atoms with van der Waals surface area (Å²) in [4.78, 5) is 14.3. The molecule has 118 valence electrons. The van der Waals surface area contributed by atoms with Gasteiger partial charge in [0, 0.05) is 18.7 Å². The average Bonchev–Trinajstić information content (AvgIpc) is 2.48. The van der Waals surface area contributed by atoms with E-state index in [0.717, 1.165) is 31.5 Å². The first-order valence-corrected chi connectivity index (χ1v) is 8.19. The predicted molar refractivity (Wildman–Crippen MR) is 90.5 cm³/mol. The molecule has 0 saturated carbocycles. The van der Waals surface area contributed by atoms with Gasteiger partial charge in [0.15, 0.2) is 0 Å². The lowest BCUT2D eigenvalue weighted by Gasteiger charge is -2.23. The van der Waals surface area contributed by atoms with Crippen molar-refractivity contribution in [2.45, 2.75) is 52.9 Å². The van der Waals surface area contributed by atoms with Crippen molar-refractivity contribution in [1.82, 2.24) is 0 Å². The van der Waals surface area contributed by atoms with Crippen LogP contribution in [0.2, 0.25) is 0 Å². The fourth-order valence-electron chi connectivity index (χ4n) is 2.77. The molecule has 1 amide bonds. The van der Waals surface area contributed by atoms with Gasteiger partial charge in [0.2, 0.25) is 5.91 Å². The maximum atomic E-state index is 12.5. The minimum atomic E-state index is 0.222. The first-order valence-electron chi connectivity index (χ1n) is 8.19. The summed E-state index contributed by atoms with van der Waals surface area (Å²) >= 11 is 0. The first kappa shape index (κ1) is 17.7. The van der Waals surface area contributed by atoms with Crippen LogP contribution in [0, 0.1) is 12.8 Å². The largest absolute Gasteiger partial charge is 0.330 e. The minimum absolute atomic E-state index is 0.222. The van der Waals surface area contributed by atoms with Crippen LogP contribution in [0.3, 0.4) is 0 Å². The van der Waals surface area contributed by atoms with Gasteiger partial charge in [-0.25, -0.2) is 0 Å². The second-order valence-corrected chi connectivity index (χ2v) is 5.74. The molecular weight excluding hydrogens is 260 g/mol. The number of carbonyl (C=O) groups is 1. The molecule has 21 heavy (non-hydrogen) atoms. The summed E-state index contributed by atoms with van der Waals surface area (Å²) in [7, 11) is 0. The van der Waals surface area contributed by atoms with E-state index >= 15 is 0 Å². The van der Waals surface area contributed by atoms with Gasteiger partial charge in [-0.15, -0.1) is 0 Å². The SMILES string of the molecule is CCCC(CCN)CCC(=O)N(CC)c1ccc(C)cc1. The van der Waals surface area contributed by atoms with Crippen molar-refractivity contribution in [2.75, 3.05) is 18.0 Å². The van der Waals surface area contributed by atoms with Gasteiger partial charge in [-0.2, -0.15) is 0 Å². The Bertz CT molecular complexity index is 408. The highest BCUT2D eigenvalue weighted by molar-refractivity contribution is 5.93. The molecule has 0 aliphatic rings. The number of aryl methyl sites for hydroxylation is 1. The Morgan fingerprint density at radius 3 is 2.33 bits per heavy atom. The van der Waals surface area contributed by atoms with E-state index in [0.29, 0.717) is 18.9 Å². The van der Waals surface area contributed by atoms with E-state index in [-0.39, 0.29) is 5.91 Å². The van der Waals surface area contributed by atoms with Crippen LogP contribution in [0.5, 0.6) is 0 Å². The summed E-state index contributed by atoms with van der Waals surface area (Å²) in [5, 5.41) is 0. The molecule has 1 atom stereocenters. The van der Waals surface area contributed by atoms with Gasteiger partial charge in [0.25, 0.3) is 0 Å². The summed E-state index contributed by atoms with van der Waals surface area (Å²) in [6, 6.07) is 8.17. The van der Waals surface area contributed by atoms with Gasteiger partial charge in [-0.3, -0.25) is 4.79 Å². The Kier molecular flexibility index (Phi) is 8.06. The Hall–Kier alpha value is -1.35. The zero-order chi connectivity index (χ0) is 15.7. The molecule has 1 unspecified atom stereocenters. The molecule has 2 N–H and O–H groups in total. The lowest BCUT2D eigenvalue weighted by molar-refractivity contribution is -0.118. The maximum Gasteiger partial charge on any atom is 0.226 e. The molecule has 1 rings (SSSR count). The molecule has 0 fully saturated rings. The van der Waals surface area contributed by atoms with Crippen molar-refractivity contribution in [1.29, 1.82) is 0 Å². The van der Waals surface area contributed by atoms with E-state index in [1.165, 1.54) is 12.0 Å². The van der Waals surface area contributed by atoms with E-state index in [4.69, 9.17) is 5.73 Å². The number of carbonyl (C=O) groups excluding carboxylic acids is 1. The van der Waals surface area contributed by atoms with Crippen molar-refractivity contribution < 1.29 is 4.79 Å². The molecule has 1 aromatic rings. The van der Waals surface area contributed by atoms with Gasteiger partial charge in [0.05, 0.1) is 0 Å². The highest BCUT2D eigenvalue weighted by Crippen LogP contribution is 2.20. The third-order valence-corrected chi connectivity index (χ3v) is 4.00. The monoisotopic (exact) mass is 290 g/mol. The summed E-state index contributed by atoms with van der Waals surface area (Å²) in [6.07, 6.45) is 4.92. The van der Waals surface area contributed by atoms with Crippen molar-refractivity contribution in [3.63, 3.8) is 0 Å². The third-order valence-electron chi connectivity index (χ3n) is 4.00. The molecule has 0 heterocycles. The van der Waals surface area contributed by atoms with Crippen LogP contribution in [0.4, 0.5) is 5.69 Å². The molecule has 3 heteroatoms. The summed E-state index contributed by atoms with van der Waals surface area (Å²) < 4.78 is 0. The molecule has 0 aliphatic carbocycles. The number of nitrogens with zero attached hydrogens (tertiary/aromatic N) is 1. The van der Waals surface area contributed by atoms with Crippen LogP contribution in [0.25, 0.3) is 0 Å². The number of nitrogens with two attached hydrogens (primary N) is 1. The number of hydrogen-bond donors (Lipinski definition) is 1. The number of anilines is 1. The average molecular weight is 290 g/mol. The highest BCUT2D eigenvalue weighted by atomic mass is 16.2. The van der Waals surface area contributed by atoms with Crippen LogP contribution in [-0.4, -0.2) is 19.0 Å². The van der Waals surface area contributed by atoms with Gasteiger partial charge in [-0.05, 0) is 51.3 Å². The van der Waals surface area contributed by atoms with E-state index in [1.54, 1.807) is 0 Å². The van der Waals surface area contributed by atoms with Crippen molar-refractivity contribution in [2.24, 2.45) is 11.7 Å². The molecule has 1 aromatic carbocycles. The van der Waals surface area contributed by atoms with Gasteiger partial charge < -0.3 is 10.6 Å². The van der Waals surface area contributed by atoms with Gasteiger partial charge in [0.1, 0.15) is 0 Å². The summed E-state index contributed by atoms with van der Waals surface area (Å²) in [5.74, 6) is 0.806. The molecule has 0 aliphatic heterocycles. The summed E-state index contributed by atoms with van der Waals surface area (Å²) in [6.45, 7) is 7.72. The molecule has 0 aromatic heterocycles. The zero-order valence-corrected chi connectivity index (χ0v) is 13.8. The molecule has 0 radical (unpaired) electrons. The highest BCUT2D eigenvalue weighted by Gasteiger charge is 2.16.